The molecule has 1 aliphatic heterocycles. The molecule has 2 N–H and O–H groups in total. The summed E-state index contributed by atoms with van der Waals surface area (Å²) in [4.78, 5) is 4.69. The molecule has 2 heterocycles. The number of hydrogen-bond acceptors (Lipinski definition) is 3. The van der Waals surface area contributed by atoms with Gasteiger partial charge in [0, 0.05) is 24.0 Å². The predicted molar refractivity (Wildman–Crippen MR) is 86.6 cm³/mol. The molecule has 0 spiro atoms. The van der Waals surface area contributed by atoms with Gasteiger partial charge in [0.15, 0.2) is 0 Å². The number of aromatic nitrogens is 1. The number of hydrogen-bond donors (Lipinski definition) is 2. The average Bonchev–Trinajstić information content (AvgIpc) is 3.22. The summed E-state index contributed by atoms with van der Waals surface area (Å²) in [6, 6.07) is 2.15. The Balaban J connectivity index is 2.06. The molecule has 1 aliphatic rings. The van der Waals surface area contributed by atoms with Crippen LogP contribution in [0, 0.1) is 19.8 Å². The van der Waals surface area contributed by atoms with Gasteiger partial charge in [-0.2, -0.15) is 0 Å². The molecule has 2 rings (SSSR count). The molecule has 110 valence electrons. The van der Waals surface area contributed by atoms with Crippen LogP contribution in [0.15, 0.2) is 12.3 Å². The van der Waals surface area contributed by atoms with Crippen LogP contribution in [0.4, 0.5) is 5.82 Å². The van der Waals surface area contributed by atoms with Gasteiger partial charge < -0.3 is 10.6 Å². The minimum Gasteiger partial charge on any atom is -0.369 e. The van der Waals surface area contributed by atoms with E-state index in [1.165, 1.54) is 42.5 Å². The monoisotopic (exact) mass is 273 g/mol. The number of anilines is 1. The van der Waals surface area contributed by atoms with Crippen LogP contribution < -0.4 is 10.6 Å². The average molecular weight is 273 g/mol. The minimum atomic E-state index is 0.742. The lowest BCUT2D eigenvalue weighted by atomic mass is 9.99. The second-order valence-electron chi connectivity index (χ2n) is 5.80. The first kappa shape index (κ1) is 14.9. The summed E-state index contributed by atoms with van der Waals surface area (Å²) < 4.78 is 0. The molecule has 3 nitrogen and oxygen atoms in total. The molecule has 0 fully saturated rings. The van der Waals surface area contributed by atoms with Crippen LogP contribution in [-0.2, 0) is 0 Å². The quantitative estimate of drug-likeness (QED) is 0.745. The van der Waals surface area contributed by atoms with Gasteiger partial charge in [-0.05, 0) is 37.8 Å². The van der Waals surface area contributed by atoms with Gasteiger partial charge in [0.05, 0.1) is 5.70 Å². The highest BCUT2D eigenvalue weighted by atomic mass is 15.0. The lowest BCUT2D eigenvalue weighted by Gasteiger charge is -2.18. The van der Waals surface area contributed by atoms with Crippen LogP contribution in [0.5, 0.6) is 0 Å². The maximum Gasteiger partial charge on any atom is 0.135 e. The molecular weight excluding hydrogens is 246 g/mol. The van der Waals surface area contributed by atoms with Crippen molar-refractivity contribution in [3.05, 3.63) is 29.1 Å². The lowest BCUT2D eigenvalue weighted by Crippen LogP contribution is -2.16. The van der Waals surface area contributed by atoms with Crippen molar-refractivity contribution >= 4 is 11.5 Å². The van der Waals surface area contributed by atoms with Crippen molar-refractivity contribution in [2.45, 2.75) is 53.4 Å². The first-order valence-electron chi connectivity index (χ1n) is 7.84. The first-order chi connectivity index (χ1) is 9.65. The molecule has 0 radical (unpaired) electrons. The Kier molecular flexibility index (Phi) is 5.05. The van der Waals surface area contributed by atoms with Crippen molar-refractivity contribution in [1.82, 2.24) is 10.3 Å². The Morgan fingerprint density at radius 3 is 2.65 bits per heavy atom. The maximum absolute atomic E-state index is 4.69. The molecule has 3 heteroatoms. The van der Waals surface area contributed by atoms with Gasteiger partial charge in [0.25, 0.3) is 0 Å². The van der Waals surface area contributed by atoms with Gasteiger partial charge >= 0.3 is 0 Å². The number of nitrogens with one attached hydrogen (secondary N) is 2. The summed E-state index contributed by atoms with van der Waals surface area (Å²) in [6.45, 7) is 9.78. The van der Waals surface area contributed by atoms with Gasteiger partial charge in [0.1, 0.15) is 5.82 Å². The molecule has 0 bridgehead atoms. The molecule has 20 heavy (non-hydrogen) atoms. The van der Waals surface area contributed by atoms with Gasteiger partial charge in [-0.3, -0.25) is 0 Å². The normalized spacial score (nSPS) is 14.5. The van der Waals surface area contributed by atoms with Gasteiger partial charge in [0.2, 0.25) is 0 Å². The summed E-state index contributed by atoms with van der Waals surface area (Å²) in [5.41, 5.74) is 4.81. The van der Waals surface area contributed by atoms with E-state index < -0.39 is 0 Å². The van der Waals surface area contributed by atoms with Gasteiger partial charge in [-0.15, -0.1) is 0 Å². The standard InChI is InChI=1S/C17H27N3/c1-5-7-8-14(6-2)10-19-17-16(15-11-18-15)12(3)9-13(4)20-17/h9,11,14,18H,5-8,10H2,1-4H3,(H,19,20). The number of aryl methyl sites for hydroxylation is 2. The maximum atomic E-state index is 4.69. The molecule has 0 saturated heterocycles. The zero-order valence-corrected chi connectivity index (χ0v) is 13.2. The van der Waals surface area contributed by atoms with Crippen molar-refractivity contribution < 1.29 is 0 Å². The van der Waals surface area contributed by atoms with Crippen LogP contribution in [-0.4, -0.2) is 11.5 Å². The van der Waals surface area contributed by atoms with E-state index in [2.05, 4.69) is 49.4 Å². The molecule has 1 aromatic rings. The molecule has 0 aromatic carbocycles. The summed E-state index contributed by atoms with van der Waals surface area (Å²) in [6.07, 6.45) is 7.18. The molecule has 1 atom stereocenters. The number of pyridine rings is 1. The van der Waals surface area contributed by atoms with E-state index in [-0.39, 0.29) is 0 Å². The zero-order valence-electron chi connectivity index (χ0n) is 13.2. The molecular formula is C17H27N3. The smallest absolute Gasteiger partial charge is 0.135 e. The van der Waals surface area contributed by atoms with E-state index >= 15 is 0 Å². The van der Waals surface area contributed by atoms with Crippen LogP contribution in [0.25, 0.3) is 5.70 Å². The van der Waals surface area contributed by atoms with Crippen molar-refractivity contribution in [1.29, 1.82) is 0 Å². The Labute approximate surface area is 122 Å². The third kappa shape index (κ3) is 3.75. The molecule has 1 unspecified atom stereocenters. The lowest BCUT2D eigenvalue weighted by molar-refractivity contribution is 0.472. The summed E-state index contributed by atoms with van der Waals surface area (Å²) >= 11 is 0. The predicted octanol–water partition coefficient (Wildman–Crippen LogP) is 4.23. The van der Waals surface area contributed by atoms with E-state index in [1.54, 1.807) is 0 Å². The van der Waals surface area contributed by atoms with E-state index in [4.69, 9.17) is 0 Å². The second kappa shape index (κ2) is 6.78. The van der Waals surface area contributed by atoms with Crippen LogP contribution >= 0.6 is 0 Å². The second-order valence-corrected chi connectivity index (χ2v) is 5.80. The van der Waals surface area contributed by atoms with E-state index in [9.17, 15) is 0 Å². The van der Waals surface area contributed by atoms with Gasteiger partial charge in [-0.1, -0.05) is 33.1 Å². The van der Waals surface area contributed by atoms with Crippen LogP contribution in [0.2, 0.25) is 0 Å². The highest BCUT2D eigenvalue weighted by molar-refractivity contribution is 5.82. The highest BCUT2D eigenvalue weighted by Gasteiger charge is 2.19. The number of rotatable bonds is 8. The summed E-state index contributed by atoms with van der Waals surface area (Å²) in [7, 11) is 0. The highest BCUT2D eigenvalue weighted by Crippen LogP contribution is 2.30. The van der Waals surface area contributed by atoms with Crippen molar-refractivity contribution in [2.24, 2.45) is 5.92 Å². The van der Waals surface area contributed by atoms with Gasteiger partial charge in [-0.25, -0.2) is 4.98 Å². The first-order valence-corrected chi connectivity index (χ1v) is 7.84. The van der Waals surface area contributed by atoms with Crippen LogP contribution in [0.1, 0.15) is 56.4 Å². The Morgan fingerprint density at radius 2 is 2.05 bits per heavy atom. The summed E-state index contributed by atoms with van der Waals surface area (Å²) in [5, 5.41) is 6.78. The molecule has 0 saturated carbocycles. The fourth-order valence-electron chi connectivity index (χ4n) is 2.67. The Hall–Kier alpha value is -1.51. The number of nitrogens with zero attached hydrogens (tertiary/aromatic N) is 1. The molecule has 0 amide bonds. The minimum absolute atomic E-state index is 0.742. The third-order valence-corrected chi connectivity index (χ3v) is 4.00. The van der Waals surface area contributed by atoms with Crippen molar-refractivity contribution in [3.8, 4) is 0 Å². The van der Waals surface area contributed by atoms with E-state index in [0.717, 1.165) is 24.0 Å². The fourth-order valence-corrected chi connectivity index (χ4v) is 2.67. The molecule has 1 aromatic heterocycles. The largest absolute Gasteiger partial charge is 0.369 e. The van der Waals surface area contributed by atoms with Crippen molar-refractivity contribution in [3.63, 3.8) is 0 Å². The summed E-state index contributed by atoms with van der Waals surface area (Å²) in [5.74, 6) is 1.78. The van der Waals surface area contributed by atoms with Crippen LogP contribution in [0.3, 0.4) is 0 Å². The Morgan fingerprint density at radius 1 is 1.30 bits per heavy atom. The van der Waals surface area contributed by atoms with E-state index in [0.29, 0.717) is 0 Å². The number of unbranched alkanes of at least 4 members (excludes halogenated alkanes) is 1. The third-order valence-electron chi connectivity index (χ3n) is 4.00. The SMILES string of the molecule is CCCCC(CC)CNc1nc(C)cc(C)c1C1=CN1. The topological polar surface area (TPSA) is 46.9 Å². The Bertz CT molecular complexity index is 491. The molecule has 0 aliphatic carbocycles. The zero-order chi connectivity index (χ0) is 14.5. The van der Waals surface area contributed by atoms with Crippen molar-refractivity contribution in [2.75, 3.05) is 11.9 Å². The fraction of sp³-hybridized carbons (Fsp3) is 0.588. The van der Waals surface area contributed by atoms with E-state index in [1.807, 2.05) is 6.20 Å².